The summed E-state index contributed by atoms with van der Waals surface area (Å²) in [5.41, 5.74) is 1.04. The Balaban J connectivity index is 2.73. The number of halogens is 1. The molecule has 0 bridgehead atoms. The van der Waals surface area contributed by atoms with Gasteiger partial charge in [-0.05, 0) is 31.5 Å². The van der Waals surface area contributed by atoms with E-state index in [2.05, 4.69) is 12.2 Å². The fourth-order valence-electron chi connectivity index (χ4n) is 1.67. The third-order valence-electron chi connectivity index (χ3n) is 2.66. The van der Waals surface area contributed by atoms with E-state index in [4.69, 9.17) is 21.1 Å². The molecular formula is C14H22ClNO2. The molecule has 102 valence electrons. The van der Waals surface area contributed by atoms with E-state index >= 15 is 0 Å². The highest BCUT2D eigenvalue weighted by molar-refractivity contribution is 6.31. The summed E-state index contributed by atoms with van der Waals surface area (Å²) in [6.07, 6.45) is 2.36. The van der Waals surface area contributed by atoms with Crippen LogP contribution >= 0.6 is 11.6 Å². The minimum Gasteiger partial charge on any atom is -0.493 e. The van der Waals surface area contributed by atoms with Crippen LogP contribution in [0.15, 0.2) is 12.1 Å². The van der Waals surface area contributed by atoms with Gasteiger partial charge in [-0.2, -0.15) is 0 Å². The molecule has 0 unspecified atom stereocenters. The van der Waals surface area contributed by atoms with Crippen LogP contribution in [0.4, 0.5) is 0 Å². The SMILES string of the molecule is CCCCNCc1cc(OC)c(OCC)cc1Cl. The minimum absolute atomic E-state index is 0.598. The van der Waals surface area contributed by atoms with Crippen molar-refractivity contribution in [1.29, 1.82) is 0 Å². The second kappa shape index (κ2) is 8.22. The van der Waals surface area contributed by atoms with E-state index in [0.29, 0.717) is 17.4 Å². The van der Waals surface area contributed by atoms with E-state index in [-0.39, 0.29) is 0 Å². The van der Waals surface area contributed by atoms with Crippen LogP contribution in [0.1, 0.15) is 32.3 Å². The lowest BCUT2D eigenvalue weighted by atomic mass is 10.2. The lowest BCUT2D eigenvalue weighted by Crippen LogP contribution is -2.14. The molecule has 0 aliphatic carbocycles. The molecule has 0 aliphatic heterocycles. The summed E-state index contributed by atoms with van der Waals surface area (Å²) in [6.45, 7) is 6.47. The smallest absolute Gasteiger partial charge is 0.162 e. The number of methoxy groups -OCH3 is 1. The number of unbranched alkanes of at least 4 members (excludes halogenated alkanes) is 1. The van der Waals surface area contributed by atoms with Crippen molar-refractivity contribution in [2.45, 2.75) is 33.2 Å². The van der Waals surface area contributed by atoms with E-state index in [1.807, 2.05) is 19.1 Å². The Hall–Kier alpha value is -0.930. The number of rotatable bonds is 8. The van der Waals surface area contributed by atoms with Gasteiger partial charge in [-0.1, -0.05) is 24.9 Å². The summed E-state index contributed by atoms with van der Waals surface area (Å²) < 4.78 is 10.8. The van der Waals surface area contributed by atoms with Gasteiger partial charge < -0.3 is 14.8 Å². The maximum Gasteiger partial charge on any atom is 0.162 e. The average Bonchev–Trinajstić information content (AvgIpc) is 2.37. The lowest BCUT2D eigenvalue weighted by Gasteiger charge is -2.13. The summed E-state index contributed by atoms with van der Waals surface area (Å²) in [6, 6.07) is 3.76. The first-order chi connectivity index (χ1) is 8.72. The molecule has 1 N–H and O–H groups in total. The molecule has 1 aromatic carbocycles. The van der Waals surface area contributed by atoms with Crippen LogP contribution in [0.5, 0.6) is 11.5 Å². The zero-order chi connectivity index (χ0) is 13.4. The molecule has 18 heavy (non-hydrogen) atoms. The van der Waals surface area contributed by atoms with Crippen LogP contribution in [0.3, 0.4) is 0 Å². The van der Waals surface area contributed by atoms with Crippen LogP contribution in [-0.2, 0) is 6.54 Å². The first-order valence-corrected chi connectivity index (χ1v) is 6.80. The maximum atomic E-state index is 6.23. The van der Waals surface area contributed by atoms with Crippen LogP contribution < -0.4 is 14.8 Å². The van der Waals surface area contributed by atoms with Gasteiger partial charge in [0.25, 0.3) is 0 Å². The highest BCUT2D eigenvalue weighted by Crippen LogP contribution is 2.33. The number of benzene rings is 1. The highest BCUT2D eigenvalue weighted by atomic mass is 35.5. The van der Waals surface area contributed by atoms with Crippen molar-refractivity contribution in [1.82, 2.24) is 5.32 Å². The van der Waals surface area contributed by atoms with Gasteiger partial charge in [-0.15, -0.1) is 0 Å². The monoisotopic (exact) mass is 271 g/mol. The summed E-state index contributed by atoms with van der Waals surface area (Å²) >= 11 is 6.23. The normalized spacial score (nSPS) is 10.4. The molecule has 0 radical (unpaired) electrons. The van der Waals surface area contributed by atoms with E-state index in [1.54, 1.807) is 7.11 Å². The second-order valence-electron chi connectivity index (χ2n) is 4.06. The molecule has 0 saturated carbocycles. The van der Waals surface area contributed by atoms with Crippen molar-refractivity contribution in [3.8, 4) is 11.5 Å². The molecule has 0 spiro atoms. The predicted octanol–water partition coefficient (Wildman–Crippen LogP) is 3.64. The molecule has 0 amide bonds. The molecule has 1 rings (SSSR count). The standard InChI is InChI=1S/C14H22ClNO2/c1-4-6-7-16-10-11-8-13(17-3)14(18-5-2)9-12(11)15/h8-9,16H,4-7,10H2,1-3H3. The number of nitrogens with one attached hydrogen (secondary N) is 1. The minimum atomic E-state index is 0.598. The van der Waals surface area contributed by atoms with Gasteiger partial charge in [0.15, 0.2) is 11.5 Å². The largest absolute Gasteiger partial charge is 0.493 e. The zero-order valence-corrected chi connectivity index (χ0v) is 12.1. The molecule has 0 aromatic heterocycles. The molecule has 0 heterocycles. The van der Waals surface area contributed by atoms with E-state index < -0.39 is 0 Å². The van der Waals surface area contributed by atoms with Crippen LogP contribution in [0.25, 0.3) is 0 Å². The van der Waals surface area contributed by atoms with Gasteiger partial charge in [0.05, 0.1) is 13.7 Å². The van der Waals surface area contributed by atoms with Crippen LogP contribution in [0, 0.1) is 0 Å². The number of hydrogen-bond acceptors (Lipinski definition) is 3. The molecule has 4 heteroatoms. The molecule has 3 nitrogen and oxygen atoms in total. The fraction of sp³-hybridized carbons (Fsp3) is 0.571. The molecule has 1 aromatic rings. The van der Waals surface area contributed by atoms with Crippen molar-refractivity contribution >= 4 is 11.6 Å². The first kappa shape index (κ1) is 15.1. The first-order valence-electron chi connectivity index (χ1n) is 6.42. The zero-order valence-electron chi connectivity index (χ0n) is 11.4. The van der Waals surface area contributed by atoms with Crippen molar-refractivity contribution in [2.75, 3.05) is 20.3 Å². The Kier molecular flexibility index (Phi) is 6.91. The molecular weight excluding hydrogens is 250 g/mol. The molecule has 0 saturated heterocycles. The lowest BCUT2D eigenvalue weighted by molar-refractivity contribution is 0.310. The molecule has 0 aliphatic rings. The number of ether oxygens (including phenoxy) is 2. The highest BCUT2D eigenvalue weighted by Gasteiger charge is 2.09. The van der Waals surface area contributed by atoms with Gasteiger partial charge in [0.2, 0.25) is 0 Å². The summed E-state index contributed by atoms with van der Waals surface area (Å²) in [5.74, 6) is 1.43. The number of hydrogen-bond donors (Lipinski definition) is 1. The Morgan fingerprint density at radius 3 is 2.61 bits per heavy atom. The van der Waals surface area contributed by atoms with Crippen molar-refractivity contribution < 1.29 is 9.47 Å². The van der Waals surface area contributed by atoms with Gasteiger partial charge in [0, 0.05) is 17.6 Å². The van der Waals surface area contributed by atoms with Crippen molar-refractivity contribution in [3.63, 3.8) is 0 Å². The third kappa shape index (κ3) is 4.39. The van der Waals surface area contributed by atoms with E-state index in [9.17, 15) is 0 Å². The summed E-state index contributed by atoms with van der Waals surface area (Å²) in [7, 11) is 1.64. The topological polar surface area (TPSA) is 30.5 Å². The van der Waals surface area contributed by atoms with E-state index in [0.717, 1.165) is 24.4 Å². The summed E-state index contributed by atoms with van der Waals surface area (Å²) in [4.78, 5) is 0. The van der Waals surface area contributed by atoms with Gasteiger partial charge >= 0.3 is 0 Å². The molecule has 0 atom stereocenters. The Morgan fingerprint density at radius 2 is 2.00 bits per heavy atom. The Labute approximate surface area is 114 Å². The molecule has 0 fully saturated rings. The van der Waals surface area contributed by atoms with Crippen LogP contribution in [-0.4, -0.2) is 20.3 Å². The fourth-order valence-corrected chi connectivity index (χ4v) is 1.89. The quantitative estimate of drug-likeness (QED) is 0.733. The third-order valence-corrected chi connectivity index (χ3v) is 3.01. The van der Waals surface area contributed by atoms with Gasteiger partial charge in [-0.25, -0.2) is 0 Å². The van der Waals surface area contributed by atoms with Crippen LogP contribution in [0.2, 0.25) is 5.02 Å². The average molecular weight is 272 g/mol. The van der Waals surface area contributed by atoms with E-state index in [1.165, 1.54) is 12.8 Å². The van der Waals surface area contributed by atoms with Crippen molar-refractivity contribution in [3.05, 3.63) is 22.7 Å². The Morgan fingerprint density at radius 1 is 1.22 bits per heavy atom. The Bertz CT molecular complexity index is 369. The van der Waals surface area contributed by atoms with Gasteiger partial charge in [0.1, 0.15) is 0 Å². The van der Waals surface area contributed by atoms with Gasteiger partial charge in [-0.3, -0.25) is 0 Å². The predicted molar refractivity (Wildman–Crippen MR) is 75.8 cm³/mol. The van der Waals surface area contributed by atoms with Crippen molar-refractivity contribution in [2.24, 2.45) is 0 Å². The maximum absolute atomic E-state index is 6.23. The summed E-state index contributed by atoms with van der Waals surface area (Å²) in [5, 5.41) is 4.08. The second-order valence-corrected chi connectivity index (χ2v) is 4.47.